The molecule has 0 unspecified atom stereocenters. The molecule has 4 rings (SSSR count). The van der Waals surface area contributed by atoms with Crippen molar-refractivity contribution in [2.75, 3.05) is 28.4 Å². The third kappa shape index (κ3) is 2.81. The number of amides is 2. The Morgan fingerprint density at radius 1 is 1.00 bits per heavy atom. The van der Waals surface area contributed by atoms with Gasteiger partial charge in [-0.05, 0) is 30.3 Å². The molecule has 0 radical (unpaired) electrons. The summed E-state index contributed by atoms with van der Waals surface area (Å²) >= 11 is 6.08. The molecule has 2 aliphatic heterocycles. The summed E-state index contributed by atoms with van der Waals surface area (Å²) in [6.07, 6.45) is 0. The summed E-state index contributed by atoms with van der Waals surface area (Å²) in [5.41, 5.74) is 1.21. The largest absolute Gasteiger partial charge is 0.497 e. The van der Waals surface area contributed by atoms with E-state index in [0.29, 0.717) is 22.1 Å². The van der Waals surface area contributed by atoms with Crippen LogP contribution in [0.1, 0.15) is 0 Å². The number of carbonyl (C=O) groups excluding carboxylic acids is 1. The molecule has 2 atom stereocenters. The molecule has 2 saturated heterocycles. The van der Waals surface area contributed by atoms with Gasteiger partial charge in [-0.1, -0.05) is 23.7 Å². The van der Waals surface area contributed by atoms with Crippen molar-refractivity contribution in [2.24, 2.45) is 0 Å². The van der Waals surface area contributed by atoms with Crippen LogP contribution in [-0.4, -0.2) is 45.1 Å². The third-order valence-electron chi connectivity index (χ3n) is 4.79. The van der Waals surface area contributed by atoms with Crippen LogP contribution in [0.15, 0.2) is 48.5 Å². The van der Waals surface area contributed by atoms with Crippen molar-refractivity contribution < 1.29 is 17.9 Å². The molecule has 2 amide bonds. The van der Waals surface area contributed by atoms with Gasteiger partial charge < -0.3 is 4.74 Å². The number of fused-ring (bicyclic) bond motifs is 1. The second-order valence-corrected chi connectivity index (χ2v) is 9.01. The molecule has 2 heterocycles. The van der Waals surface area contributed by atoms with E-state index >= 15 is 0 Å². The molecular formula is C18H17ClN2O4S. The number of hydrogen-bond acceptors (Lipinski definition) is 4. The highest BCUT2D eigenvalue weighted by Gasteiger charge is 2.54. The summed E-state index contributed by atoms with van der Waals surface area (Å²) in [5, 5.41) is 0.493. The van der Waals surface area contributed by atoms with Crippen LogP contribution >= 0.6 is 11.6 Å². The second-order valence-electron chi connectivity index (χ2n) is 6.42. The SMILES string of the molecule is COc1cccc(N2C(=O)N(c3cccc(Cl)c3)[C@H]3CS(=O)(=O)C[C@H]32)c1. The summed E-state index contributed by atoms with van der Waals surface area (Å²) in [6.45, 7) is 0. The summed E-state index contributed by atoms with van der Waals surface area (Å²) in [6, 6.07) is 12.8. The van der Waals surface area contributed by atoms with Gasteiger partial charge in [0.15, 0.2) is 9.84 Å². The van der Waals surface area contributed by atoms with Crippen LogP contribution in [0, 0.1) is 0 Å². The fraction of sp³-hybridized carbons (Fsp3) is 0.278. The van der Waals surface area contributed by atoms with Crippen LogP contribution in [0.25, 0.3) is 0 Å². The lowest BCUT2D eigenvalue weighted by Crippen LogP contribution is -2.37. The highest BCUT2D eigenvalue weighted by atomic mass is 35.5. The molecule has 0 N–H and O–H groups in total. The van der Waals surface area contributed by atoms with E-state index in [1.54, 1.807) is 65.4 Å². The minimum absolute atomic E-state index is 0.0579. The summed E-state index contributed by atoms with van der Waals surface area (Å²) < 4.78 is 29.8. The predicted molar refractivity (Wildman–Crippen MR) is 101 cm³/mol. The molecule has 0 spiro atoms. The Hall–Kier alpha value is -2.25. The Balaban J connectivity index is 1.81. The number of ether oxygens (including phenoxy) is 1. The molecule has 0 aromatic heterocycles. The number of carbonyl (C=O) groups is 1. The number of sulfone groups is 1. The van der Waals surface area contributed by atoms with E-state index in [0.717, 1.165) is 0 Å². The molecule has 0 bridgehead atoms. The average Bonchev–Trinajstić information content (AvgIpc) is 3.03. The quantitative estimate of drug-likeness (QED) is 0.753. The van der Waals surface area contributed by atoms with Crippen LogP contribution in [-0.2, 0) is 9.84 Å². The second kappa shape index (κ2) is 6.17. The first-order valence-electron chi connectivity index (χ1n) is 8.12. The van der Waals surface area contributed by atoms with Gasteiger partial charge in [0.05, 0.1) is 30.7 Å². The normalized spacial score (nSPS) is 24.0. The van der Waals surface area contributed by atoms with Crippen molar-refractivity contribution in [2.45, 2.75) is 12.1 Å². The molecule has 6 nitrogen and oxygen atoms in total. The molecule has 136 valence electrons. The average molecular weight is 393 g/mol. The van der Waals surface area contributed by atoms with E-state index in [-0.39, 0.29) is 17.5 Å². The molecule has 2 aromatic rings. The van der Waals surface area contributed by atoms with Crippen LogP contribution in [0.2, 0.25) is 5.02 Å². The van der Waals surface area contributed by atoms with Crippen molar-refractivity contribution in [3.05, 3.63) is 53.6 Å². The van der Waals surface area contributed by atoms with Crippen LogP contribution < -0.4 is 14.5 Å². The molecule has 2 aromatic carbocycles. The third-order valence-corrected chi connectivity index (χ3v) is 6.72. The fourth-order valence-corrected chi connectivity index (χ4v) is 5.80. The maximum absolute atomic E-state index is 13.2. The number of urea groups is 1. The smallest absolute Gasteiger partial charge is 0.329 e. The lowest BCUT2D eigenvalue weighted by atomic mass is 10.1. The number of methoxy groups -OCH3 is 1. The van der Waals surface area contributed by atoms with Gasteiger partial charge in [0, 0.05) is 22.5 Å². The first-order valence-corrected chi connectivity index (χ1v) is 10.3. The molecule has 0 saturated carbocycles. The van der Waals surface area contributed by atoms with E-state index < -0.39 is 21.9 Å². The van der Waals surface area contributed by atoms with E-state index in [4.69, 9.17) is 16.3 Å². The van der Waals surface area contributed by atoms with Crippen LogP contribution in [0.4, 0.5) is 16.2 Å². The Labute approximate surface area is 156 Å². The Morgan fingerprint density at radius 2 is 1.58 bits per heavy atom. The Morgan fingerprint density at radius 3 is 2.15 bits per heavy atom. The van der Waals surface area contributed by atoms with Crippen molar-refractivity contribution in [1.82, 2.24) is 0 Å². The van der Waals surface area contributed by atoms with Gasteiger partial charge in [-0.3, -0.25) is 9.80 Å². The number of nitrogens with zero attached hydrogens (tertiary/aromatic N) is 2. The maximum Gasteiger partial charge on any atom is 0.329 e. The van der Waals surface area contributed by atoms with Crippen LogP contribution in [0.3, 0.4) is 0 Å². The minimum Gasteiger partial charge on any atom is -0.497 e. The molecule has 26 heavy (non-hydrogen) atoms. The van der Waals surface area contributed by atoms with E-state index in [1.165, 1.54) is 0 Å². The van der Waals surface area contributed by atoms with Gasteiger partial charge in [-0.15, -0.1) is 0 Å². The standard InChI is InChI=1S/C18H17ClN2O4S/c1-25-15-7-3-6-14(9-15)21-17-11-26(23,24)10-16(17)20(18(21)22)13-5-2-4-12(19)8-13/h2-9,16-17H,10-11H2,1H3/t16-,17+/m0/s1. The van der Waals surface area contributed by atoms with Gasteiger partial charge in [-0.25, -0.2) is 13.2 Å². The summed E-state index contributed by atoms with van der Waals surface area (Å²) in [5.74, 6) is 0.488. The van der Waals surface area contributed by atoms with Crippen molar-refractivity contribution in [1.29, 1.82) is 0 Å². The summed E-state index contributed by atoms with van der Waals surface area (Å²) in [4.78, 5) is 16.3. The Bertz CT molecular complexity index is 979. The van der Waals surface area contributed by atoms with Gasteiger partial charge in [0.1, 0.15) is 5.75 Å². The number of hydrogen-bond donors (Lipinski definition) is 0. The lowest BCUT2D eigenvalue weighted by Gasteiger charge is -2.23. The first kappa shape index (κ1) is 17.2. The number of anilines is 2. The topological polar surface area (TPSA) is 66.9 Å². The predicted octanol–water partition coefficient (Wildman–Crippen LogP) is 2.96. The Kier molecular flexibility index (Phi) is 4.08. The zero-order valence-corrected chi connectivity index (χ0v) is 15.6. The molecule has 2 fully saturated rings. The monoisotopic (exact) mass is 392 g/mol. The van der Waals surface area contributed by atoms with E-state index in [9.17, 15) is 13.2 Å². The molecule has 8 heteroatoms. The zero-order chi connectivity index (χ0) is 18.5. The number of rotatable bonds is 3. The number of halogens is 1. The summed E-state index contributed by atoms with van der Waals surface area (Å²) in [7, 11) is -1.69. The highest BCUT2D eigenvalue weighted by molar-refractivity contribution is 7.91. The first-order chi connectivity index (χ1) is 12.4. The van der Waals surface area contributed by atoms with E-state index in [2.05, 4.69) is 0 Å². The molecular weight excluding hydrogens is 376 g/mol. The highest BCUT2D eigenvalue weighted by Crippen LogP contribution is 2.39. The number of benzene rings is 2. The van der Waals surface area contributed by atoms with Crippen molar-refractivity contribution in [3.63, 3.8) is 0 Å². The van der Waals surface area contributed by atoms with Gasteiger partial charge in [0.25, 0.3) is 0 Å². The van der Waals surface area contributed by atoms with Crippen molar-refractivity contribution in [3.8, 4) is 5.75 Å². The van der Waals surface area contributed by atoms with Crippen LogP contribution in [0.5, 0.6) is 5.75 Å². The van der Waals surface area contributed by atoms with E-state index in [1.807, 2.05) is 0 Å². The zero-order valence-electron chi connectivity index (χ0n) is 14.0. The van der Waals surface area contributed by atoms with Gasteiger partial charge in [-0.2, -0.15) is 0 Å². The molecule has 0 aliphatic carbocycles. The molecule has 2 aliphatic rings. The lowest BCUT2D eigenvalue weighted by molar-refractivity contribution is 0.255. The fourth-order valence-electron chi connectivity index (χ4n) is 3.69. The maximum atomic E-state index is 13.2. The minimum atomic E-state index is -3.24. The van der Waals surface area contributed by atoms with Gasteiger partial charge >= 0.3 is 6.03 Å². The van der Waals surface area contributed by atoms with Gasteiger partial charge in [0.2, 0.25) is 0 Å². The van der Waals surface area contributed by atoms with Crippen molar-refractivity contribution >= 4 is 38.8 Å².